The Morgan fingerprint density at radius 1 is 1.23 bits per heavy atom. The summed E-state index contributed by atoms with van der Waals surface area (Å²) in [5.74, 6) is 5.89. The van der Waals surface area contributed by atoms with Crippen molar-refractivity contribution in [1.29, 1.82) is 0 Å². The van der Waals surface area contributed by atoms with Crippen molar-refractivity contribution in [3.63, 3.8) is 0 Å². The standard InChI is InChI=1S/C13H14/c1-4-5-6-7-13-9-11(2)8-12(3)10-13/h4,8-10H,1,7H2,2-3H3. The molecule has 0 unspecified atom stereocenters. The lowest BCUT2D eigenvalue weighted by atomic mass is 10.1. The molecule has 13 heavy (non-hydrogen) atoms. The van der Waals surface area contributed by atoms with Gasteiger partial charge in [0.15, 0.2) is 0 Å². The molecule has 0 saturated heterocycles. The summed E-state index contributed by atoms with van der Waals surface area (Å²) in [5, 5.41) is 0. The molecule has 1 rings (SSSR count). The molecule has 0 spiro atoms. The molecule has 66 valence electrons. The van der Waals surface area contributed by atoms with Gasteiger partial charge in [-0.3, -0.25) is 0 Å². The van der Waals surface area contributed by atoms with Crippen LogP contribution < -0.4 is 0 Å². The first-order chi connectivity index (χ1) is 6.22. The van der Waals surface area contributed by atoms with E-state index in [1.165, 1.54) is 16.7 Å². The third kappa shape index (κ3) is 3.17. The molecule has 0 nitrogen and oxygen atoms in total. The van der Waals surface area contributed by atoms with Gasteiger partial charge in [-0.2, -0.15) is 0 Å². The molecule has 0 radical (unpaired) electrons. The smallest absolute Gasteiger partial charge is 0.0344 e. The lowest BCUT2D eigenvalue weighted by molar-refractivity contribution is 1.25. The molecule has 0 heterocycles. The highest BCUT2D eigenvalue weighted by Crippen LogP contribution is 2.08. The fourth-order valence-corrected chi connectivity index (χ4v) is 1.40. The van der Waals surface area contributed by atoms with Gasteiger partial charge in [-0.25, -0.2) is 0 Å². The molecule has 1 aromatic rings. The zero-order valence-corrected chi connectivity index (χ0v) is 8.22. The van der Waals surface area contributed by atoms with Gasteiger partial charge in [0.2, 0.25) is 0 Å². The largest absolute Gasteiger partial charge is 0.0938 e. The lowest BCUT2D eigenvalue weighted by Gasteiger charge is -2.00. The zero-order valence-electron chi connectivity index (χ0n) is 8.22. The van der Waals surface area contributed by atoms with Gasteiger partial charge in [-0.15, -0.1) is 0 Å². The fourth-order valence-electron chi connectivity index (χ4n) is 1.40. The molecule has 0 N–H and O–H groups in total. The van der Waals surface area contributed by atoms with Gasteiger partial charge in [0.05, 0.1) is 0 Å². The third-order valence-corrected chi connectivity index (χ3v) is 1.78. The molecule has 0 aliphatic carbocycles. The number of allylic oxidation sites excluding steroid dienone is 1. The summed E-state index contributed by atoms with van der Waals surface area (Å²) < 4.78 is 0. The van der Waals surface area contributed by atoms with Gasteiger partial charge in [0, 0.05) is 6.42 Å². The summed E-state index contributed by atoms with van der Waals surface area (Å²) >= 11 is 0. The summed E-state index contributed by atoms with van der Waals surface area (Å²) in [4.78, 5) is 0. The molecular formula is C13H14. The highest BCUT2D eigenvalue weighted by molar-refractivity contribution is 5.31. The second-order valence-electron chi connectivity index (χ2n) is 3.20. The molecule has 0 bridgehead atoms. The molecule has 0 heteroatoms. The van der Waals surface area contributed by atoms with Gasteiger partial charge in [0.1, 0.15) is 0 Å². The van der Waals surface area contributed by atoms with Gasteiger partial charge in [-0.1, -0.05) is 47.7 Å². The quantitative estimate of drug-likeness (QED) is 0.568. The highest BCUT2D eigenvalue weighted by atomic mass is 14.0. The van der Waals surface area contributed by atoms with Crippen LogP contribution in [0.25, 0.3) is 0 Å². The minimum Gasteiger partial charge on any atom is -0.0938 e. The van der Waals surface area contributed by atoms with Gasteiger partial charge in [-0.05, 0) is 25.5 Å². The first-order valence-electron chi connectivity index (χ1n) is 4.39. The van der Waals surface area contributed by atoms with Gasteiger partial charge in [0.25, 0.3) is 0 Å². The minimum absolute atomic E-state index is 0.814. The summed E-state index contributed by atoms with van der Waals surface area (Å²) in [7, 11) is 0. The topological polar surface area (TPSA) is 0 Å². The van der Waals surface area contributed by atoms with E-state index in [-0.39, 0.29) is 0 Å². The molecule has 0 atom stereocenters. The van der Waals surface area contributed by atoms with Crippen LogP contribution in [0.5, 0.6) is 0 Å². The van der Waals surface area contributed by atoms with Crippen molar-refractivity contribution in [3.8, 4) is 11.8 Å². The van der Waals surface area contributed by atoms with Crippen LogP contribution in [0, 0.1) is 25.7 Å². The van der Waals surface area contributed by atoms with E-state index in [2.05, 4.69) is 50.5 Å². The van der Waals surface area contributed by atoms with E-state index in [0.29, 0.717) is 0 Å². The Labute approximate surface area is 80.3 Å². The fraction of sp³-hybridized carbons (Fsp3) is 0.231. The van der Waals surface area contributed by atoms with E-state index in [0.717, 1.165) is 6.42 Å². The zero-order chi connectivity index (χ0) is 9.68. The maximum atomic E-state index is 3.55. The second-order valence-corrected chi connectivity index (χ2v) is 3.20. The van der Waals surface area contributed by atoms with E-state index in [4.69, 9.17) is 0 Å². The Morgan fingerprint density at radius 3 is 2.38 bits per heavy atom. The van der Waals surface area contributed by atoms with Crippen molar-refractivity contribution < 1.29 is 0 Å². The summed E-state index contributed by atoms with van der Waals surface area (Å²) in [6.45, 7) is 7.77. The SMILES string of the molecule is C=CC#CCc1cc(C)cc(C)c1. The molecule has 0 aliphatic rings. The predicted octanol–water partition coefficient (Wildman–Crippen LogP) is 3.04. The first kappa shape index (κ1) is 9.61. The van der Waals surface area contributed by atoms with Crippen molar-refractivity contribution in [2.45, 2.75) is 20.3 Å². The summed E-state index contributed by atoms with van der Waals surface area (Å²) in [6.07, 6.45) is 2.44. The van der Waals surface area contributed by atoms with Gasteiger partial charge < -0.3 is 0 Å². The van der Waals surface area contributed by atoms with Crippen LogP contribution in [0.3, 0.4) is 0 Å². The van der Waals surface area contributed by atoms with E-state index in [1.807, 2.05) is 0 Å². The van der Waals surface area contributed by atoms with Crippen LogP contribution in [-0.2, 0) is 6.42 Å². The molecule has 0 aliphatic heterocycles. The van der Waals surface area contributed by atoms with Crippen LogP contribution in [0.4, 0.5) is 0 Å². The minimum atomic E-state index is 0.814. The van der Waals surface area contributed by atoms with E-state index in [1.54, 1.807) is 6.08 Å². The Bertz CT molecular complexity index is 341. The normalized spacial score (nSPS) is 8.77. The lowest BCUT2D eigenvalue weighted by Crippen LogP contribution is -1.85. The average Bonchev–Trinajstić information content (AvgIpc) is 2.03. The first-order valence-corrected chi connectivity index (χ1v) is 4.39. The van der Waals surface area contributed by atoms with E-state index < -0.39 is 0 Å². The Morgan fingerprint density at radius 2 is 1.85 bits per heavy atom. The van der Waals surface area contributed by atoms with Crippen molar-refractivity contribution >= 4 is 0 Å². The molecule has 0 aromatic heterocycles. The number of hydrogen-bond donors (Lipinski definition) is 0. The number of benzene rings is 1. The summed E-state index contributed by atoms with van der Waals surface area (Å²) in [6, 6.07) is 6.51. The Balaban J connectivity index is 2.83. The average molecular weight is 170 g/mol. The van der Waals surface area contributed by atoms with Crippen LogP contribution >= 0.6 is 0 Å². The van der Waals surface area contributed by atoms with E-state index >= 15 is 0 Å². The maximum Gasteiger partial charge on any atom is 0.0344 e. The molecule has 1 aromatic carbocycles. The van der Waals surface area contributed by atoms with E-state index in [9.17, 15) is 0 Å². The van der Waals surface area contributed by atoms with Crippen molar-refractivity contribution in [1.82, 2.24) is 0 Å². The number of hydrogen-bond acceptors (Lipinski definition) is 0. The third-order valence-electron chi connectivity index (χ3n) is 1.78. The van der Waals surface area contributed by atoms with Crippen molar-refractivity contribution in [3.05, 3.63) is 47.5 Å². The van der Waals surface area contributed by atoms with Crippen LogP contribution in [0.1, 0.15) is 16.7 Å². The van der Waals surface area contributed by atoms with Crippen LogP contribution in [0.15, 0.2) is 30.9 Å². The second kappa shape index (κ2) is 4.52. The molecular weight excluding hydrogens is 156 g/mol. The Hall–Kier alpha value is -1.48. The Kier molecular flexibility index (Phi) is 3.34. The van der Waals surface area contributed by atoms with Gasteiger partial charge >= 0.3 is 0 Å². The molecule has 0 amide bonds. The highest BCUT2D eigenvalue weighted by Gasteiger charge is 1.92. The van der Waals surface area contributed by atoms with Crippen LogP contribution in [-0.4, -0.2) is 0 Å². The maximum absolute atomic E-state index is 3.55. The predicted molar refractivity (Wildman–Crippen MR) is 57.6 cm³/mol. The number of rotatable bonds is 1. The van der Waals surface area contributed by atoms with Crippen molar-refractivity contribution in [2.75, 3.05) is 0 Å². The monoisotopic (exact) mass is 170 g/mol. The molecule has 0 saturated carbocycles. The molecule has 0 fully saturated rings. The number of aryl methyl sites for hydroxylation is 2. The van der Waals surface area contributed by atoms with Crippen LogP contribution in [0.2, 0.25) is 0 Å². The summed E-state index contributed by atoms with van der Waals surface area (Å²) in [5.41, 5.74) is 3.89. The van der Waals surface area contributed by atoms with Crippen molar-refractivity contribution in [2.24, 2.45) is 0 Å².